The van der Waals surface area contributed by atoms with Crippen LogP contribution < -0.4 is 0 Å². The van der Waals surface area contributed by atoms with Crippen LogP contribution in [0.1, 0.15) is 5.56 Å². The predicted molar refractivity (Wildman–Crippen MR) is 55.9 cm³/mol. The molecule has 0 aliphatic heterocycles. The Morgan fingerprint density at radius 3 is 2.00 bits per heavy atom. The van der Waals surface area contributed by atoms with E-state index >= 15 is 0 Å². The van der Waals surface area contributed by atoms with E-state index in [1.807, 2.05) is 0 Å². The quantitative estimate of drug-likeness (QED) is 0.626. The molecule has 8 heteroatoms. The number of benzene rings is 1. The molecule has 0 aliphatic rings. The zero-order chi connectivity index (χ0) is 12.4. The van der Waals surface area contributed by atoms with Crippen LogP contribution in [-0.2, 0) is 31.0 Å². The largest absolute Gasteiger partial charge is 0.294 e. The van der Waals surface area contributed by atoms with Gasteiger partial charge in [-0.25, -0.2) is 0 Å². The van der Waals surface area contributed by atoms with Crippen LogP contribution in [0.5, 0.6) is 0 Å². The standard InChI is InChI=1S/C8H10O6S2/c1-15(9,10)14-6-7-2-4-8(5-3-7)16(11,12)13/h2-5H,6H2,1H3,(H,11,12,13). The molecule has 1 aromatic rings. The Labute approximate surface area is 93.7 Å². The second-order valence-corrected chi connectivity index (χ2v) is 6.15. The Morgan fingerprint density at radius 1 is 1.12 bits per heavy atom. The molecule has 1 N–H and O–H groups in total. The molecule has 0 bridgehead atoms. The van der Waals surface area contributed by atoms with Crippen molar-refractivity contribution in [2.24, 2.45) is 0 Å². The average molecular weight is 266 g/mol. The van der Waals surface area contributed by atoms with Crippen molar-refractivity contribution in [3.63, 3.8) is 0 Å². The Bertz CT molecular complexity index is 555. The summed E-state index contributed by atoms with van der Waals surface area (Å²) in [5, 5.41) is 0. The molecule has 0 fully saturated rings. The van der Waals surface area contributed by atoms with Crippen molar-refractivity contribution in [3.05, 3.63) is 29.8 Å². The highest BCUT2D eigenvalue weighted by Gasteiger charge is 2.09. The Morgan fingerprint density at radius 2 is 1.62 bits per heavy atom. The summed E-state index contributed by atoms with van der Waals surface area (Å²) >= 11 is 0. The third kappa shape index (κ3) is 4.27. The maximum absolute atomic E-state index is 10.7. The molecule has 0 aromatic heterocycles. The van der Waals surface area contributed by atoms with Crippen LogP contribution in [0.25, 0.3) is 0 Å². The number of rotatable bonds is 4. The van der Waals surface area contributed by atoms with Crippen molar-refractivity contribution in [2.45, 2.75) is 11.5 Å². The second-order valence-electron chi connectivity index (χ2n) is 3.09. The Hall–Kier alpha value is -0.960. The minimum absolute atomic E-state index is 0.176. The van der Waals surface area contributed by atoms with Gasteiger partial charge in [-0.05, 0) is 17.7 Å². The van der Waals surface area contributed by atoms with Crippen LogP contribution in [0.15, 0.2) is 29.2 Å². The van der Waals surface area contributed by atoms with Crippen molar-refractivity contribution >= 4 is 20.2 Å². The van der Waals surface area contributed by atoms with Gasteiger partial charge in [0.25, 0.3) is 20.2 Å². The van der Waals surface area contributed by atoms with Gasteiger partial charge in [0.2, 0.25) is 0 Å². The van der Waals surface area contributed by atoms with E-state index < -0.39 is 20.2 Å². The molecular formula is C8H10O6S2. The molecule has 0 spiro atoms. The molecule has 1 rings (SSSR count). The third-order valence-corrected chi connectivity index (χ3v) is 3.07. The average Bonchev–Trinajstić information content (AvgIpc) is 2.13. The first-order valence-electron chi connectivity index (χ1n) is 4.09. The van der Waals surface area contributed by atoms with Crippen LogP contribution in [0.3, 0.4) is 0 Å². The molecule has 0 amide bonds. The fraction of sp³-hybridized carbons (Fsp3) is 0.250. The van der Waals surface area contributed by atoms with Crippen LogP contribution in [-0.4, -0.2) is 27.6 Å². The number of hydrogen-bond donors (Lipinski definition) is 1. The molecule has 0 aliphatic carbocycles. The van der Waals surface area contributed by atoms with E-state index in [1.54, 1.807) is 0 Å². The van der Waals surface area contributed by atoms with Gasteiger partial charge in [-0.3, -0.25) is 8.74 Å². The van der Waals surface area contributed by atoms with E-state index in [0.717, 1.165) is 18.4 Å². The minimum atomic E-state index is -4.22. The summed E-state index contributed by atoms with van der Waals surface area (Å²) in [7, 11) is -7.75. The molecule has 0 saturated carbocycles. The monoisotopic (exact) mass is 266 g/mol. The van der Waals surface area contributed by atoms with E-state index in [1.165, 1.54) is 12.1 Å². The summed E-state index contributed by atoms with van der Waals surface area (Å²) in [5.74, 6) is 0. The lowest BCUT2D eigenvalue weighted by Crippen LogP contribution is -2.03. The smallest absolute Gasteiger partial charge is 0.282 e. The van der Waals surface area contributed by atoms with Crippen LogP contribution in [0.4, 0.5) is 0 Å². The molecule has 0 atom stereocenters. The van der Waals surface area contributed by atoms with Crippen molar-refractivity contribution in [2.75, 3.05) is 6.26 Å². The van der Waals surface area contributed by atoms with Gasteiger partial charge in [-0.1, -0.05) is 12.1 Å². The lowest BCUT2D eigenvalue weighted by molar-refractivity contribution is 0.311. The topological polar surface area (TPSA) is 97.7 Å². The maximum Gasteiger partial charge on any atom is 0.294 e. The number of hydrogen-bond acceptors (Lipinski definition) is 5. The van der Waals surface area contributed by atoms with Gasteiger partial charge in [0.15, 0.2) is 0 Å². The minimum Gasteiger partial charge on any atom is -0.282 e. The van der Waals surface area contributed by atoms with Gasteiger partial charge in [0, 0.05) is 0 Å². The van der Waals surface area contributed by atoms with Crippen LogP contribution in [0.2, 0.25) is 0 Å². The first-order valence-corrected chi connectivity index (χ1v) is 7.35. The highest BCUT2D eigenvalue weighted by Crippen LogP contribution is 2.11. The lowest BCUT2D eigenvalue weighted by Gasteiger charge is -2.02. The van der Waals surface area contributed by atoms with Gasteiger partial charge >= 0.3 is 0 Å². The zero-order valence-corrected chi connectivity index (χ0v) is 9.95. The fourth-order valence-corrected chi connectivity index (χ4v) is 1.76. The molecular weight excluding hydrogens is 256 g/mol. The van der Waals surface area contributed by atoms with Gasteiger partial charge < -0.3 is 0 Å². The Balaban J connectivity index is 2.81. The molecule has 0 radical (unpaired) electrons. The van der Waals surface area contributed by atoms with Crippen molar-refractivity contribution in [3.8, 4) is 0 Å². The maximum atomic E-state index is 10.7. The fourth-order valence-electron chi connectivity index (χ4n) is 0.933. The first-order chi connectivity index (χ1) is 7.18. The lowest BCUT2D eigenvalue weighted by atomic mass is 10.2. The molecule has 0 heterocycles. The molecule has 1 aromatic carbocycles. The molecule has 0 saturated heterocycles. The van der Waals surface area contributed by atoms with E-state index in [4.69, 9.17) is 4.55 Å². The highest BCUT2D eigenvalue weighted by atomic mass is 32.2. The van der Waals surface area contributed by atoms with E-state index in [-0.39, 0.29) is 11.5 Å². The summed E-state index contributed by atoms with van der Waals surface area (Å²) in [6, 6.07) is 5.04. The van der Waals surface area contributed by atoms with Crippen molar-refractivity contribution < 1.29 is 25.6 Å². The third-order valence-electron chi connectivity index (χ3n) is 1.66. The predicted octanol–water partition coefficient (Wildman–Crippen LogP) is 0.410. The Kier molecular flexibility index (Phi) is 3.68. The molecule has 0 unspecified atom stereocenters. The van der Waals surface area contributed by atoms with Crippen molar-refractivity contribution in [1.82, 2.24) is 0 Å². The summed E-state index contributed by atoms with van der Waals surface area (Å²) < 4.78 is 55.9. The SMILES string of the molecule is CS(=O)(=O)OCc1ccc(S(=O)(=O)O)cc1. The molecule has 6 nitrogen and oxygen atoms in total. The second kappa shape index (κ2) is 4.50. The molecule has 90 valence electrons. The summed E-state index contributed by atoms with van der Waals surface area (Å²) in [6.07, 6.45) is 0.916. The highest BCUT2D eigenvalue weighted by molar-refractivity contribution is 7.86. The van der Waals surface area contributed by atoms with Gasteiger partial charge in [-0.15, -0.1) is 0 Å². The van der Waals surface area contributed by atoms with Crippen molar-refractivity contribution in [1.29, 1.82) is 0 Å². The summed E-state index contributed by atoms with van der Waals surface area (Å²) in [4.78, 5) is -0.254. The van der Waals surface area contributed by atoms with E-state index in [2.05, 4.69) is 4.18 Å². The van der Waals surface area contributed by atoms with E-state index in [9.17, 15) is 16.8 Å². The van der Waals surface area contributed by atoms with Gasteiger partial charge in [-0.2, -0.15) is 16.8 Å². The molecule has 16 heavy (non-hydrogen) atoms. The van der Waals surface area contributed by atoms with Gasteiger partial charge in [0.05, 0.1) is 17.8 Å². The normalized spacial score (nSPS) is 12.6. The first kappa shape index (κ1) is 13.1. The van der Waals surface area contributed by atoms with E-state index in [0.29, 0.717) is 5.56 Å². The summed E-state index contributed by atoms with van der Waals surface area (Å²) in [6.45, 7) is -0.176. The van der Waals surface area contributed by atoms with Gasteiger partial charge in [0.1, 0.15) is 0 Å². The zero-order valence-electron chi connectivity index (χ0n) is 8.32. The summed E-state index contributed by atoms with van der Waals surface area (Å²) in [5.41, 5.74) is 0.484. The van der Waals surface area contributed by atoms with Crippen LogP contribution >= 0.6 is 0 Å². The van der Waals surface area contributed by atoms with Crippen LogP contribution in [0, 0.1) is 0 Å².